The third-order valence-corrected chi connectivity index (χ3v) is 3.92. The Balaban J connectivity index is 1.84. The monoisotopic (exact) mass is 383 g/mol. The molecule has 2 aromatic rings. The van der Waals surface area contributed by atoms with E-state index in [1.165, 1.54) is 6.08 Å². The van der Waals surface area contributed by atoms with Gasteiger partial charge in [0.25, 0.3) is 5.91 Å². The highest BCUT2D eigenvalue weighted by molar-refractivity contribution is 5.89. The van der Waals surface area contributed by atoms with E-state index in [0.29, 0.717) is 18.1 Å². The summed E-state index contributed by atoms with van der Waals surface area (Å²) in [4.78, 5) is 23.8. The van der Waals surface area contributed by atoms with Crippen LogP contribution in [0, 0.1) is 0 Å². The predicted octanol–water partition coefficient (Wildman–Crippen LogP) is 3.53. The van der Waals surface area contributed by atoms with Gasteiger partial charge in [0.15, 0.2) is 18.1 Å². The van der Waals surface area contributed by atoms with Crippen molar-refractivity contribution in [3.05, 3.63) is 65.7 Å². The highest BCUT2D eigenvalue weighted by atomic mass is 16.5. The Bertz CT molecular complexity index is 817. The number of esters is 1. The first-order chi connectivity index (χ1) is 13.5. The van der Waals surface area contributed by atoms with Crippen LogP contribution in [0.5, 0.6) is 11.5 Å². The van der Waals surface area contributed by atoms with Crippen molar-refractivity contribution >= 4 is 18.0 Å². The van der Waals surface area contributed by atoms with Crippen molar-refractivity contribution in [2.45, 2.75) is 19.9 Å². The molecule has 6 nitrogen and oxygen atoms in total. The molecule has 0 aliphatic carbocycles. The topological polar surface area (TPSA) is 73.9 Å². The zero-order valence-corrected chi connectivity index (χ0v) is 16.3. The number of hydrogen-bond acceptors (Lipinski definition) is 5. The minimum atomic E-state index is -0.602. The van der Waals surface area contributed by atoms with Gasteiger partial charge >= 0.3 is 5.97 Å². The number of nitrogens with one attached hydrogen (secondary N) is 1. The fourth-order valence-corrected chi connectivity index (χ4v) is 2.52. The molecule has 0 aliphatic heterocycles. The fraction of sp³-hybridized carbons (Fsp3) is 0.273. The van der Waals surface area contributed by atoms with Crippen LogP contribution < -0.4 is 14.8 Å². The molecular weight excluding hydrogens is 358 g/mol. The van der Waals surface area contributed by atoms with Gasteiger partial charge in [-0.05, 0) is 43.2 Å². The van der Waals surface area contributed by atoms with Crippen LogP contribution in [0.3, 0.4) is 0 Å². The minimum absolute atomic E-state index is 0.167. The van der Waals surface area contributed by atoms with Gasteiger partial charge in [0.05, 0.1) is 19.8 Å². The maximum Gasteiger partial charge on any atom is 0.331 e. The van der Waals surface area contributed by atoms with Crippen molar-refractivity contribution in [1.82, 2.24) is 5.32 Å². The number of carbonyl (C=O) groups excluding carboxylic acids is 2. The SMILES string of the molecule is CCOc1ccc(/C=C/C(=O)OCC(=O)N[C@@H](C)c2ccccc2)cc1OC. The van der Waals surface area contributed by atoms with Crippen molar-refractivity contribution in [1.29, 1.82) is 0 Å². The molecule has 0 spiro atoms. The largest absolute Gasteiger partial charge is 0.493 e. The van der Waals surface area contributed by atoms with Gasteiger partial charge in [0.2, 0.25) is 0 Å². The van der Waals surface area contributed by atoms with Gasteiger partial charge in [0, 0.05) is 6.08 Å². The number of amides is 1. The zero-order chi connectivity index (χ0) is 20.4. The van der Waals surface area contributed by atoms with Crippen molar-refractivity contribution in [2.24, 2.45) is 0 Å². The smallest absolute Gasteiger partial charge is 0.331 e. The van der Waals surface area contributed by atoms with Gasteiger partial charge in [-0.1, -0.05) is 36.4 Å². The van der Waals surface area contributed by atoms with Crippen molar-refractivity contribution < 1.29 is 23.8 Å². The second kappa shape index (κ2) is 10.8. The van der Waals surface area contributed by atoms with E-state index in [0.717, 1.165) is 11.1 Å². The molecule has 0 heterocycles. The van der Waals surface area contributed by atoms with Gasteiger partial charge in [-0.2, -0.15) is 0 Å². The summed E-state index contributed by atoms with van der Waals surface area (Å²) in [5.74, 6) is 0.247. The second-order valence-electron chi connectivity index (χ2n) is 5.98. The van der Waals surface area contributed by atoms with E-state index in [2.05, 4.69) is 5.32 Å². The van der Waals surface area contributed by atoms with Crippen LogP contribution in [0.4, 0.5) is 0 Å². The third kappa shape index (κ3) is 6.46. The van der Waals surface area contributed by atoms with Crippen LogP contribution in [-0.2, 0) is 14.3 Å². The van der Waals surface area contributed by atoms with E-state index in [1.54, 1.807) is 31.4 Å². The number of ether oxygens (including phenoxy) is 3. The minimum Gasteiger partial charge on any atom is -0.493 e. The van der Waals surface area contributed by atoms with Crippen LogP contribution >= 0.6 is 0 Å². The Labute approximate surface area is 165 Å². The van der Waals surface area contributed by atoms with Crippen molar-refractivity contribution in [3.8, 4) is 11.5 Å². The average molecular weight is 383 g/mol. The van der Waals surface area contributed by atoms with Gasteiger partial charge in [-0.3, -0.25) is 4.79 Å². The molecule has 1 N–H and O–H groups in total. The normalized spacial score (nSPS) is 11.7. The van der Waals surface area contributed by atoms with Crippen LogP contribution in [0.1, 0.15) is 31.0 Å². The Morgan fingerprint density at radius 3 is 2.54 bits per heavy atom. The summed E-state index contributed by atoms with van der Waals surface area (Å²) in [6.07, 6.45) is 2.86. The molecule has 0 radical (unpaired) electrons. The summed E-state index contributed by atoms with van der Waals surface area (Å²) >= 11 is 0. The summed E-state index contributed by atoms with van der Waals surface area (Å²) in [7, 11) is 1.55. The van der Waals surface area contributed by atoms with Crippen LogP contribution in [-0.4, -0.2) is 32.2 Å². The maximum absolute atomic E-state index is 11.9. The molecule has 2 aromatic carbocycles. The lowest BCUT2D eigenvalue weighted by molar-refractivity contribution is -0.144. The molecule has 1 atom stereocenters. The number of hydrogen-bond donors (Lipinski definition) is 1. The van der Waals surface area contributed by atoms with E-state index in [-0.39, 0.29) is 18.6 Å². The lowest BCUT2D eigenvalue weighted by atomic mass is 10.1. The standard InChI is InChI=1S/C22H25NO5/c1-4-27-19-12-10-17(14-20(19)26-3)11-13-22(25)28-15-21(24)23-16(2)18-8-6-5-7-9-18/h5-14,16H,4,15H2,1-3H3,(H,23,24)/b13-11+/t16-/m0/s1. The van der Waals surface area contributed by atoms with Crippen LogP contribution in [0.25, 0.3) is 6.08 Å². The lowest BCUT2D eigenvalue weighted by Gasteiger charge is -2.14. The molecule has 0 aliphatic rings. The van der Waals surface area contributed by atoms with Crippen molar-refractivity contribution in [3.63, 3.8) is 0 Å². The first-order valence-corrected chi connectivity index (χ1v) is 9.03. The van der Waals surface area contributed by atoms with E-state index in [4.69, 9.17) is 14.2 Å². The highest BCUT2D eigenvalue weighted by Gasteiger charge is 2.11. The maximum atomic E-state index is 11.9. The first kappa shape index (κ1) is 21.0. The molecule has 0 fully saturated rings. The van der Waals surface area contributed by atoms with Gasteiger partial charge in [-0.15, -0.1) is 0 Å². The molecule has 0 bridgehead atoms. The molecule has 0 saturated heterocycles. The van der Waals surface area contributed by atoms with E-state index in [1.807, 2.05) is 44.2 Å². The van der Waals surface area contributed by atoms with E-state index < -0.39 is 5.97 Å². The molecular formula is C22H25NO5. The first-order valence-electron chi connectivity index (χ1n) is 9.03. The Morgan fingerprint density at radius 2 is 1.86 bits per heavy atom. The van der Waals surface area contributed by atoms with Gasteiger partial charge in [-0.25, -0.2) is 4.79 Å². The molecule has 2 rings (SSSR count). The second-order valence-corrected chi connectivity index (χ2v) is 5.98. The number of rotatable bonds is 9. The molecule has 0 unspecified atom stereocenters. The number of carbonyl (C=O) groups is 2. The number of methoxy groups -OCH3 is 1. The van der Waals surface area contributed by atoms with E-state index in [9.17, 15) is 9.59 Å². The summed E-state index contributed by atoms with van der Waals surface area (Å²) in [6, 6.07) is 14.7. The molecule has 28 heavy (non-hydrogen) atoms. The van der Waals surface area contributed by atoms with Crippen molar-refractivity contribution in [2.75, 3.05) is 20.3 Å². The van der Waals surface area contributed by atoms with E-state index >= 15 is 0 Å². The molecule has 1 amide bonds. The summed E-state index contributed by atoms with van der Waals surface area (Å²) in [6.45, 7) is 3.95. The van der Waals surface area contributed by atoms with Crippen LogP contribution in [0.2, 0.25) is 0 Å². The third-order valence-electron chi connectivity index (χ3n) is 3.92. The highest BCUT2D eigenvalue weighted by Crippen LogP contribution is 2.28. The fourth-order valence-electron chi connectivity index (χ4n) is 2.52. The lowest BCUT2D eigenvalue weighted by Crippen LogP contribution is -2.30. The molecule has 0 aromatic heterocycles. The Kier molecular flexibility index (Phi) is 8.09. The summed E-state index contributed by atoms with van der Waals surface area (Å²) in [5, 5.41) is 2.79. The Hall–Kier alpha value is -3.28. The quantitative estimate of drug-likeness (QED) is 0.530. The summed E-state index contributed by atoms with van der Waals surface area (Å²) < 4.78 is 15.7. The van der Waals surface area contributed by atoms with Gasteiger partial charge in [0.1, 0.15) is 0 Å². The average Bonchev–Trinajstić information content (AvgIpc) is 2.72. The molecule has 148 valence electrons. The Morgan fingerprint density at radius 1 is 1.11 bits per heavy atom. The summed E-state index contributed by atoms with van der Waals surface area (Å²) in [5.41, 5.74) is 1.73. The van der Waals surface area contributed by atoms with Crippen LogP contribution in [0.15, 0.2) is 54.6 Å². The molecule has 0 saturated carbocycles. The number of benzene rings is 2. The zero-order valence-electron chi connectivity index (χ0n) is 16.3. The molecule has 6 heteroatoms. The predicted molar refractivity (Wildman–Crippen MR) is 107 cm³/mol. The van der Waals surface area contributed by atoms with Gasteiger partial charge < -0.3 is 19.5 Å².